The lowest BCUT2D eigenvalue weighted by Crippen LogP contribution is -3.13. The number of hydrogen-bond donors (Lipinski definition) is 1. The molecule has 0 aromatic heterocycles. The van der Waals surface area contributed by atoms with Crippen LogP contribution in [0.3, 0.4) is 0 Å². The van der Waals surface area contributed by atoms with Crippen LogP contribution >= 0.6 is 11.6 Å². The van der Waals surface area contributed by atoms with Crippen LogP contribution in [0.2, 0.25) is 5.02 Å². The maximum absolute atomic E-state index is 13.2. The molecule has 1 aliphatic heterocycles. The Morgan fingerprint density at radius 3 is 2.45 bits per heavy atom. The second-order valence-electron chi connectivity index (χ2n) is 5.64. The lowest BCUT2D eigenvalue weighted by atomic mass is 10.1. The number of halogens is 3. The number of anilines is 1. The number of nitrogens with one attached hydrogen (secondary N) is 1. The van der Waals surface area contributed by atoms with Gasteiger partial charge in [-0.1, -0.05) is 23.7 Å². The molecule has 0 unspecified atom stereocenters. The first-order valence-corrected chi connectivity index (χ1v) is 7.77. The lowest BCUT2D eigenvalue weighted by molar-refractivity contribution is -0.914. The Hall–Kier alpha value is -1.65. The van der Waals surface area contributed by atoms with E-state index in [1.807, 2.05) is 18.2 Å². The van der Waals surface area contributed by atoms with Crippen molar-refractivity contribution < 1.29 is 13.7 Å². The van der Waals surface area contributed by atoms with Gasteiger partial charge < -0.3 is 9.80 Å². The maximum Gasteiger partial charge on any atom is 0.159 e. The quantitative estimate of drug-likeness (QED) is 0.912. The Kier molecular flexibility index (Phi) is 4.60. The molecule has 1 N–H and O–H groups in total. The number of benzene rings is 2. The standard InChI is InChI=1S/C17H17ClF2N2/c18-14-2-1-3-15(11-14)22-8-6-21(7-9-22)12-13-4-5-16(19)17(20)10-13/h1-5,10-11H,6-9,12H2/p+1. The smallest absolute Gasteiger partial charge is 0.159 e. The van der Waals surface area contributed by atoms with E-state index in [1.54, 1.807) is 6.07 Å². The van der Waals surface area contributed by atoms with E-state index in [4.69, 9.17) is 11.6 Å². The van der Waals surface area contributed by atoms with Crippen molar-refractivity contribution in [3.8, 4) is 0 Å². The summed E-state index contributed by atoms with van der Waals surface area (Å²) in [6.45, 7) is 4.51. The molecule has 1 heterocycles. The average molecular weight is 324 g/mol. The third kappa shape index (κ3) is 3.57. The van der Waals surface area contributed by atoms with Gasteiger partial charge in [-0.25, -0.2) is 8.78 Å². The van der Waals surface area contributed by atoms with E-state index in [0.717, 1.165) is 49.0 Å². The highest BCUT2D eigenvalue weighted by atomic mass is 35.5. The molecule has 2 nitrogen and oxygen atoms in total. The van der Waals surface area contributed by atoms with Crippen molar-refractivity contribution in [1.29, 1.82) is 0 Å². The second-order valence-corrected chi connectivity index (χ2v) is 6.08. The van der Waals surface area contributed by atoms with Gasteiger partial charge in [0.2, 0.25) is 0 Å². The second kappa shape index (κ2) is 6.63. The molecule has 0 radical (unpaired) electrons. The zero-order valence-corrected chi connectivity index (χ0v) is 12.9. The Morgan fingerprint density at radius 1 is 1.00 bits per heavy atom. The van der Waals surface area contributed by atoms with E-state index in [2.05, 4.69) is 11.0 Å². The van der Waals surface area contributed by atoms with Gasteiger partial charge in [-0.3, -0.25) is 0 Å². The van der Waals surface area contributed by atoms with Crippen LogP contribution in [0.1, 0.15) is 5.56 Å². The third-order valence-corrected chi connectivity index (χ3v) is 4.32. The normalized spacial score (nSPS) is 16.0. The van der Waals surface area contributed by atoms with Crippen molar-refractivity contribution >= 4 is 17.3 Å². The summed E-state index contributed by atoms with van der Waals surface area (Å²) in [7, 11) is 0. The number of rotatable bonds is 3. The lowest BCUT2D eigenvalue weighted by Gasteiger charge is -2.33. The topological polar surface area (TPSA) is 7.68 Å². The third-order valence-electron chi connectivity index (χ3n) is 4.08. The van der Waals surface area contributed by atoms with Crippen LogP contribution in [0.5, 0.6) is 0 Å². The summed E-state index contributed by atoms with van der Waals surface area (Å²) in [6.07, 6.45) is 0. The van der Waals surface area contributed by atoms with Crippen molar-refractivity contribution in [1.82, 2.24) is 0 Å². The molecular formula is C17H18ClF2N2+. The number of piperazine rings is 1. The van der Waals surface area contributed by atoms with Crippen LogP contribution in [0, 0.1) is 11.6 Å². The highest BCUT2D eigenvalue weighted by molar-refractivity contribution is 6.30. The minimum Gasteiger partial charge on any atom is -0.360 e. The molecule has 0 spiro atoms. The summed E-state index contributed by atoms with van der Waals surface area (Å²) < 4.78 is 26.2. The molecule has 1 saturated heterocycles. The fourth-order valence-corrected chi connectivity index (χ4v) is 3.05. The molecule has 2 aromatic carbocycles. The van der Waals surface area contributed by atoms with E-state index in [1.165, 1.54) is 17.0 Å². The van der Waals surface area contributed by atoms with Crippen molar-refractivity contribution in [2.24, 2.45) is 0 Å². The van der Waals surface area contributed by atoms with Gasteiger partial charge in [0.1, 0.15) is 6.54 Å². The minimum absolute atomic E-state index is 0.723. The summed E-state index contributed by atoms with van der Waals surface area (Å²) in [5.74, 6) is -1.56. The van der Waals surface area contributed by atoms with Crippen molar-refractivity contribution in [3.05, 3.63) is 64.7 Å². The zero-order valence-electron chi connectivity index (χ0n) is 12.2. The molecule has 1 fully saturated rings. The highest BCUT2D eigenvalue weighted by Crippen LogP contribution is 2.19. The zero-order chi connectivity index (χ0) is 15.5. The molecule has 5 heteroatoms. The van der Waals surface area contributed by atoms with Gasteiger partial charge in [0.05, 0.1) is 26.2 Å². The fraction of sp³-hybridized carbons (Fsp3) is 0.294. The van der Waals surface area contributed by atoms with Gasteiger partial charge in [0, 0.05) is 16.3 Å². The van der Waals surface area contributed by atoms with Crippen LogP contribution in [0.15, 0.2) is 42.5 Å². The van der Waals surface area contributed by atoms with Crippen molar-refractivity contribution in [2.75, 3.05) is 31.1 Å². The van der Waals surface area contributed by atoms with Gasteiger partial charge >= 0.3 is 0 Å². The molecule has 3 rings (SSSR count). The van der Waals surface area contributed by atoms with Crippen LogP contribution in [0.25, 0.3) is 0 Å². The average Bonchev–Trinajstić information content (AvgIpc) is 2.52. The van der Waals surface area contributed by atoms with Crippen molar-refractivity contribution in [2.45, 2.75) is 6.54 Å². The predicted octanol–water partition coefficient (Wildman–Crippen LogP) is 2.52. The molecule has 116 valence electrons. The minimum atomic E-state index is -0.787. The maximum atomic E-state index is 13.2. The predicted molar refractivity (Wildman–Crippen MR) is 84.4 cm³/mol. The Labute approximate surface area is 133 Å². The van der Waals surface area contributed by atoms with Gasteiger partial charge in [-0.2, -0.15) is 0 Å². The summed E-state index contributed by atoms with van der Waals surface area (Å²) in [5.41, 5.74) is 1.98. The molecule has 0 bridgehead atoms. The number of nitrogens with zero attached hydrogens (tertiary/aromatic N) is 1. The first kappa shape index (κ1) is 15.3. The Balaban J connectivity index is 1.58. The van der Waals surface area contributed by atoms with Crippen LogP contribution in [-0.4, -0.2) is 26.2 Å². The summed E-state index contributed by atoms with van der Waals surface area (Å²) in [4.78, 5) is 3.69. The first-order valence-electron chi connectivity index (χ1n) is 7.40. The van der Waals surface area contributed by atoms with Gasteiger partial charge in [0.15, 0.2) is 11.6 Å². The summed E-state index contributed by atoms with van der Waals surface area (Å²) >= 11 is 6.03. The molecule has 0 saturated carbocycles. The van der Waals surface area contributed by atoms with Gasteiger partial charge in [-0.05, 0) is 30.3 Å². The first-order chi connectivity index (χ1) is 10.6. The SMILES string of the molecule is Fc1ccc(C[NH+]2CCN(c3cccc(Cl)c3)CC2)cc1F. The summed E-state index contributed by atoms with van der Waals surface area (Å²) in [5, 5.41) is 0.745. The van der Waals surface area contributed by atoms with Crippen LogP contribution in [-0.2, 0) is 6.54 Å². The molecular weight excluding hydrogens is 306 g/mol. The van der Waals surface area contributed by atoms with Crippen molar-refractivity contribution in [3.63, 3.8) is 0 Å². The van der Waals surface area contributed by atoms with E-state index in [0.29, 0.717) is 0 Å². The monoisotopic (exact) mass is 323 g/mol. The van der Waals surface area contributed by atoms with Gasteiger partial charge in [0.25, 0.3) is 0 Å². The Morgan fingerprint density at radius 2 is 1.77 bits per heavy atom. The highest BCUT2D eigenvalue weighted by Gasteiger charge is 2.20. The Bertz CT molecular complexity index is 655. The number of quaternary nitrogens is 1. The fourth-order valence-electron chi connectivity index (χ4n) is 2.87. The van der Waals surface area contributed by atoms with Crippen LogP contribution < -0.4 is 9.80 Å². The largest absolute Gasteiger partial charge is 0.360 e. The molecule has 0 amide bonds. The van der Waals surface area contributed by atoms with Gasteiger partial charge in [-0.15, -0.1) is 0 Å². The van der Waals surface area contributed by atoms with E-state index < -0.39 is 11.6 Å². The molecule has 0 atom stereocenters. The molecule has 2 aromatic rings. The number of hydrogen-bond acceptors (Lipinski definition) is 1. The van der Waals surface area contributed by atoms with Crippen LogP contribution in [0.4, 0.5) is 14.5 Å². The molecule has 1 aliphatic rings. The molecule has 0 aliphatic carbocycles. The van der Waals surface area contributed by atoms with E-state index >= 15 is 0 Å². The molecule has 22 heavy (non-hydrogen) atoms. The van der Waals surface area contributed by atoms with E-state index in [9.17, 15) is 8.78 Å². The van der Waals surface area contributed by atoms with E-state index in [-0.39, 0.29) is 0 Å². The summed E-state index contributed by atoms with van der Waals surface area (Å²) in [6, 6.07) is 12.0.